The Morgan fingerprint density at radius 3 is 2.52 bits per heavy atom. The van der Waals surface area contributed by atoms with Gasteiger partial charge in [-0.2, -0.15) is 0 Å². The number of hydrogen-bond acceptors (Lipinski definition) is 1. The van der Waals surface area contributed by atoms with Crippen molar-refractivity contribution in [1.82, 2.24) is 0 Å². The predicted molar refractivity (Wildman–Crippen MR) is 88.9 cm³/mol. The van der Waals surface area contributed by atoms with Crippen molar-refractivity contribution in [3.8, 4) is 17.6 Å². The number of halogens is 1. The van der Waals surface area contributed by atoms with Gasteiger partial charge in [0.15, 0.2) is 0 Å². The molecule has 0 heterocycles. The van der Waals surface area contributed by atoms with Crippen LogP contribution in [0.25, 0.3) is 0 Å². The number of alkyl halides is 1. The molecule has 2 rings (SSSR count). The second-order valence-corrected chi connectivity index (χ2v) is 5.42. The summed E-state index contributed by atoms with van der Waals surface area (Å²) in [6.45, 7) is 4.95. The number of benzene rings is 2. The van der Waals surface area contributed by atoms with E-state index in [0.29, 0.717) is 18.4 Å². The van der Waals surface area contributed by atoms with Crippen molar-refractivity contribution in [3.63, 3.8) is 0 Å². The standard InChI is InChI=1S/C19H19ClO/c1-15(2)18-10-8-17(9-11-18)14-21-19-7-3-5-16(13-19)6-4-12-20/h3,5,7-11,13,15H,12,14H2,1-2H3. The van der Waals surface area contributed by atoms with Gasteiger partial charge in [0.05, 0.1) is 5.88 Å². The van der Waals surface area contributed by atoms with Gasteiger partial charge in [-0.15, -0.1) is 11.6 Å². The Morgan fingerprint density at radius 1 is 1.10 bits per heavy atom. The highest BCUT2D eigenvalue weighted by atomic mass is 35.5. The molecule has 0 atom stereocenters. The lowest BCUT2D eigenvalue weighted by Gasteiger charge is -2.09. The van der Waals surface area contributed by atoms with Crippen LogP contribution in [-0.2, 0) is 6.61 Å². The lowest BCUT2D eigenvalue weighted by atomic mass is 10.0. The van der Waals surface area contributed by atoms with E-state index in [4.69, 9.17) is 16.3 Å². The summed E-state index contributed by atoms with van der Waals surface area (Å²) in [5, 5.41) is 0. The van der Waals surface area contributed by atoms with E-state index >= 15 is 0 Å². The first-order valence-electron chi connectivity index (χ1n) is 7.05. The van der Waals surface area contributed by atoms with Gasteiger partial charge < -0.3 is 4.74 Å². The van der Waals surface area contributed by atoms with Crippen LogP contribution in [-0.4, -0.2) is 5.88 Å². The molecule has 0 saturated carbocycles. The van der Waals surface area contributed by atoms with Crippen molar-refractivity contribution in [2.45, 2.75) is 26.4 Å². The fraction of sp³-hybridized carbons (Fsp3) is 0.263. The molecule has 0 saturated heterocycles. The molecule has 0 amide bonds. The zero-order chi connectivity index (χ0) is 15.1. The molecule has 2 aromatic rings. The molecule has 0 aliphatic carbocycles. The van der Waals surface area contributed by atoms with Crippen molar-refractivity contribution in [3.05, 3.63) is 65.2 Å². The average Bonchev–Trinajstić information content (AvgIpc) is 2.52. The second kappa shape index (κ2) is 7.76. The van der Waals surface area contributed by atoms with Crippen molar-refractivity contribution in [1.29, 1.82) is 0 Å². The maximum atomic E-state index is 5.81. The molecule has 0 bridgehead atoms. The summed E-state index contributed by atoms with van der Waals surface area (Å²) in [7, 11) is 0. The molecule has 1 nitrogen and oxygen atoms in total. The molecule has 0 fully saturated rings. The van der Waals surface area contributed by atoms with E-state index in [0.717, 1.165) is 16.9 Å². The highest BCUT2D eigenvalue weighted by molar-refractivity contribution is 6.19. The normalized spacial score (nSPS) is 10.1. The van der Waals surface area contributed by atoms with Crippen molar-refractivity contribution in [2.24, 2.45) is 0 Å². The third kappa shape index (κ3) is 4.85. The van der Waals surface area contributed by atoms with Crippen molar-refractivity contribution in [2.75, 3.05) is 5.88 Å². The van der Waals surface area contributed by atoms with E-state index in [1.54, 1.807) is 0 Å². The minimum absolute atomic E-state index is 0.341. The van der Waals surface area contributed by atoms with E-state index in [2.05, 4.69) is 50.0 Å². The summed E-state index contributed by atoms with van der Waals surface area (Å²) >= 11 is 5.56. The lowest BCUT2D eigenvalue weighted by molar-refractivity contribution is 0.306. The summed E-state index contributed by atoms with van der Waals surface area (Å²) in [4.78, 5) is 0. The van der Waals surface area contributed by atoms with Crippen LogP contribution in [0.2, 0.25) is 0 Å². The third-order valence-electron chi connectivity index (χ3n) is 3.19. The summed E-state index contributed by atoms with van der Waals surface area (Å²) in [5.74, 6) is 7.55. The van der Waals surface area contributed by atoms with Crippen LogP contribution in [0.5, 0.6) is 5.75 Å². The Labute approximate surface area is 131 Å². The van der Waals surface area contributed by atoms with Gasteiger partial charge >= 0.3 is 0 Å². The van der Waals surface area contributed by atoms with Crippen LogP contribution < -0.4 is 4.74 Å². The molecule has 0 N–H and O–H groups in total. The largest absolute Gasteiger partial charge is 0.489 e. The Morgan fingerprint density at radius 2 is 1.86 bits per heavy atom. The van der Waals surface area contributed by atoms with Crippen molar-refractivity contribution < 1.29 is 4.74 Å². The highest BCUT2D eigenvalue weighted by Gasteiger charge is 2.00. The molecule has 2 heteroatoms. The molecule has 0 unspecified atom stereocenters. The molecular weight excluding hydrogens is 280 g/mol. The smallest absolute Gasteiger partial charge is 0.121 e. The van der Waals surface area contributed by atoms with Crippen LogP contribution in [0.15, 0.2) is 48.5 Å². The first-order valence-corrected chi connectivity index (χ1v) is 7.59. The third-order valence-corrected chi connectivity index (χ3v) is 3.32. The van der Waals surface area contributed by atoms with Crippen LogP contribution >= 0.6 is 11.6 Å². The minimum atomic E-state index is 0.341. The predicted octanol–water partition coefficient (Wildman–Crippen LogP) is 4.98. The van der Waals surface area contributed by atoms with Crippen molar-refractivity contribution >= 4 is 11.6 Å². The number of hydrogen-bond donors (Lipinski definition) is 0. The molecular formula is C19H19ClO. The maximum Gasteiger partial charge on any atom is 0.121 e. The minimum Gasteiger partial charge on any atom is -0.489 e. The maximum absolute atomic E-state index is 5.81. The molecule has 2 aromatic carbocycles. The molecule has 0 aliphatic heterocycles. The summed E-state index contributed by atoms with van der Waals surface area (Å²) in [6, 6.07) is 16.3. The van der Waals surface area contributed by atoms with Gasteiger partial charge in [-0.05, 0) is 35.2 Å². The molecule has 0 spiro atoms. The Kier molecular flexibility index (Phi) is 5.72. The Hall–Kier alpha value is -1.91. The average molecular weight is 299 g/mol. The van der Waals surface area contributed by atoms with Gasteiger partial charge in [-0.25, -0.2) is 0 Å². The van der Waals surface area contributed by atoms with E-state index in [1.165, 1.54) is 5.56 Å². The first kappa shape index (κ1) is 15.5. The van der Waals surface area contributed by atoms with Gasteiger partial charge in [0.2, 0.25) is 0 Å². The van der Waals surface area contributed by atoms with Gasteiger partial charge in [0.1, 0.15) is 12.4 Å². The van der Waals surface area contributed by atoms with Gasteiger partial charge in [-0.1, -0.05) is 56.0 Å². The van der Waals surface area contributed by atoms with Gasteiger partial charge in [0.25, 0.3) is 0 Å². The highest BCUT2D eigenvalue weighted by Crippen LogP contribution is 2.17. The summed E-state index contributed by atoms with van der Waals surface area (Å²) in [5.41, 5.74) is 3.43. The fourth-order valence-corrected chi connectivity index (χ4v) is 2.03. The van der Waals surface area contributed by atoms with Crippen LogP contribution in [0.3, 0.4) is 0 Å². The topological polar surface area (TPSA) is 9.23 Å². The summed E-state index contributed by atoms with van der Waals surface area (Å²) < 4.78 is 5.81. The lowest BCUT2D eigenvalue weighted by Crippen LogP contribution is -1.96. The molecule has 0 radical (unpaired) electrons. The fourth-order valence-electron chi connectivity index (χ4n) is 1.96. The van der Waals surface area contributed by atoms with Crippen LogP contribution in [0.1, 0.15) is 36.5 Å². The monoisotopic (exact) mass is 298 g/mol. The zero-order valence-electron chi connectivity index (χ0n) is 12.4. The quantitative estimate of drug-likeness (QED) is 0.571. The Bertz CT molecular complexity index is 633. The van der Waals surface area contributed by atoms with E-state index in [-0.39, 0.29) is 0 Å². The molecule has 108 valence electrons. The SMILES string of the molecule is CC(C)c1ccc(COc2cccc(C#CCCl)c2)cc1. The molecule has 0 aliphatic rings. The Balaban J connectivity index is 1.99. The first-order chi connectivity index (χ1) is 10.2. The van der Waals surface area contributed by atoms with Crippen LogP contribution in [0.4, 0.5) is 0 Å². The zero-order valence-corrected chi connectivity index (χ0v) is 13.2. The molecule has 21 heavy (non-hydrogen) atoms. The van der Waals surface area contributed by atoms with E-state index in [1.807, 2.05) is 24.3 Å². The number of ether oxygens (including phenoxy) is 1. The summed E-state index contributed by atoms with van der Waals surface area (Å²) in [6.07, 6.45) is 0. The molecule has 0 aromatic heterocycles. The van der Waals surface area contributed by atoms with Gasteiger partial charge in [-0.3, -0.25) is 0 Å². The van der Waals surface area contributed by atoms with E-state index < -0.39 is 0 Å². The van der Waals surface area contributed by atoms with Gasteiger partial charge in [0, 0.05) is 5.56 Å². The van der Waals surface area contributed by atoms with Crippen LogP contribution in [0, 0.1) is 11.8 Å². The van der Waals surface area contributed by atoms with E-state index in [9.17, 15) is 0 Å². The number of rotatable bonds is 4. The second-order valence-electron chi connectivity index (χ2n) is 5.15.